The molecule has 20 heavy (non-hydrogen) atoms. The Bertz CT molecular complexity index is 494. The summed E-state index contributed by atoms with van der Waals surface area (Å²) in [5, 5.41) is 12.1. The highest BCUT2D eigenvalue weighted by atomic mass is 79.9. The summed E-state index contributed by atoms with van der Waals surface area (Å²) in [7, 11) is 0. The monoisotopic (exact) mass is 339 g/mol. The predicted molar refractivity (Wildman–Crippen MR) is 86.4 cm³/mol. The number of rotatable bonds is 3. The Morgan fingerprint density at radius 3 is 2.60 bits per heavy atom. The largest absolute Gasteiger partial charge is 0.409 e. The van der Waals surface area contributed by atoms with Gasteiger partial charge >= 0.3 is 0 Å². The number of benzene rings is 1. The van der Waals surface area contributed by atoms with Crippen molar-refractivity contribution in [2.75, 3.05) is 18.0 Å². The Balaban J connectivity index is 2.22. The molecule has 0 spiro atoms. The van der Waals surface area contributed by atoms with Gasteiger partial charge in [-0.15, -0.1) is 0 Å². The third-order valence-corrected chi connectivity index (χ3v) is 4.66. The van der Waals surface area contributed by atoms with E-state index in [0.717, 1.165) is 40.6 Å². The molecule has 0 saturated carbocycles. The first-order valence-electron chi connectivity index (χ1n) is 7.05. The Hall–Kier alpha value is -1.23. The summed E-state index contributed by atoms with van der Waals surface area (Å²) in [5.41, 5.74) is 7.63. The summed E-state index contributed by atoms with van der Waals surface area (Å²) in [4.78, 5) is 2.33. The topological polar surface area (TPSA) is 61.8 Å². The van der Waals surface area contributed by atoms with Gasteiger partial charge < -0.3 is 15.8 Å². The molecule has 4 nitrogen and oxygen atoms in total. The molecule has 2 rings (SSSR count). The number of halogens is 1. The first-order chi connectivity index (χ1) is 9.52. The Labute approximate surface area is 128 Å². The van der Waals surface area contributed by atoms with Crippen LogP contribution in [-0.4, -0.2) is 24.1 Å². The lowest BCUT2D eigenvalue weighted by Gasteiger charge is -2.36. The van der Waals surface area contributed by atoms with Gasteiger partial charge in [-0.05, 0) is 42.9 Å². The average molecular weight is 340 g/mol. The molecule has 5 heteroatoms. The van der Waals surface area contributed by atoms with E-state index in [0.29, 0.717) is 0 Å². The minimum absolute atomic E-state index is 0.160. The summed E-state index contributed by atoms with van der Waals surface area (Å²) in [6.45, 7) is 6.63. The minimum Gasteiger partial charge on any atom is -0.409 e. The van der Waals surface area contributed by atoms with Gasteiger partial charge in [0.15, 0.2) is 5.84 Å². The van der Waals surface area contributed by atoms with Crippen LogP contribution >= 0.6 is 15.9 Å². The van der Waals surface area contributed by atoms with Crippen LogP contribution in [0.2, 0.25) is 0 Å². The van der Waals surface area contributed by atoms with E-state index >= 15 is 0 Å². The standard InChI is InChI=1S/C15H22BrN3O/c1-10(2)11-5-7-19(8-6-11)14-4-3-12(16)9-13(14)15(17)18-20/h3-4,9-11,20H,5-8H2,1-2H3,(H2,17,18). The average Bonchev–Trinajstić information content (AvgIpc) is 2.46. The van der Waals surface area contributed by atoms with Crippen molar-refractivity contribution >= 4 is 27.5 Å². The van der Waals surface area contributed by atoms with Crippen LogP contribution in [0.25, 0.3) is 0 Å². The molecule has 1 aromatic carbocycles. The smallest absolute Gasteiger partial charge is 0.172 e. The van der Waals surface area contributed by atoms with Crippen LogP contribution in [0.4, 0.5) is 5.69 Å². The lowest BCUT2D eigenvalue weighted by atomic mass is 9.86. The number of nitrogens with zero attached hydrogens (tertiary/aromatic N) is 2. The predicted octanol–water partition coefficient (Wildman–Crippen LogP) is 3.42. The highest BCUT2D eigenvalue weighted by Gasteiger charge is 2.23. The van der Waals surface area contributed by atoms with Gasteiger partial charge in [-0.1, -0.05) is 34.9 Å². The van der Waals surface area contributed by atoms with Crippen LogP contribution in [-0.2, 0) is 0 Å². The van der Waals surface area contributed by atoms with Crippen molar-refractivity contribution < 1.29 is 5.21 Å². The lowest BCUT2D eigenvalue weighted by molar-refractivity contribution is 0.311. The van der Waals surface area contributed by atoms with Crippen molar-refractivity contribution in [2.24, 2.45) is 22.7 Å². The second-order valence-electron chi connectivity index (χ2n) is 5.72. The minimum atomic E-state index is 0.160. The van der Waals surface area contributed by atoms with E-state index in [1.54, 1.807) is 0 Å². The Kier molecular flexibility index (Phi) is 4.91. The summed E-state index contributed by atoms with van der Waals surface area (Å²) in [6.07, 6.45) is 2.40. The second kappa shape index (κ2) is 6.48. The van der Waals surface area contributed by atoms with Crippen LogP contribution in [0.3, 0.4) is 0 Å². The third kappa shape index (κ3) is 3.26. The number of nitrogens with two attached hydrogens (primary N) is 1. The summed E-state index contributed by atoms with van der Waals surface area (Å²) in [5.74, 6) is 1.70. The zero-order valence-electron chi connectivity index (χ0n) is 12.0. The molecule has 0 atom stereocenters. The number of amidine groups is 1. The Morgan fingerprint density at radius 1 is 1.40 bits per heavy atom. The first kappa shape index (κ1) is 15.2. The van der Waals surface area contributed by atoms with E-state index in [9.17, 15) is 0 Å². The highest BCUT2D eigenvalue weighted by Crippen LogP contribution is 2.31. The fourth-order valence-corrected chi connectivity index (χ4v) is 3.21. The fourth-order valence-electron chi connectivity index (χ4n) is 2.85. The molecule has 0 aromatic heterocycles. The molecular weight excluding hydrogens is 318 g/mol. The van der Waals surface area contributed by atoms with E-state index in [1.807, 2.05) is 18.2 Å². The van der Waals surface area contributed by atoms with Crippen LogP contribution in [0.1, 0.15) is 32.3 Å². The molecule has 0 aliphatic carbocycles. The number of hydrogen-bond donors (Lipinski definition) is 2. The summed E-state index contributed by atoms with van der Waals surface area (Å²) < 4.78 is 0.930. The van der Waals surface area contributed by atoms with Crippen molar-refractivity contribution in [2.45, 2.75) is 26.7 Å². The molecule has 0 amide bonds. The van der Waals surface area contributed by atoms with Crippen LogP contribution < -0.4 is 10.6 Å². The molecular formula is C15H22BrN3O. The van der Waals surface area contributed by atoms with Crippen molar-refractivity contribution in [1.82, 2.24) is 0 Å². The number of hydrogen-bond acceptors (Lipinski definition) is 3. The van der Waals surface area contributed by atoms with Gasteiger partial charge in [0.25, 0.3) is 0 Å². The maximum atomic E-state index is 8.95. The van der Waals surface area contributed by atoms with Crippen LogP contribution in [0.15, 0.2) is 27.8 Å². The van der Waals surface area contributed by atoms with Gasteiger partial charge in [-0.2, -0.15) is 0 Å². The molecule has 0 bridgehead atoms. The maximum Gasteiger partial charge on any atom is 0.172 e. The van der Waals surface area contributed by atoms with Gasteiger partial charge in [-0.25, -0.2) is 0 Å². The van der Waals surface area contributed by atoms with Gasteiger partial charge in [0.1, 0.15) is 0 Å². The molecule has 1 saturated heterocycles. The van der Waals surface area contributed by atoms with Crippen molar-refractivity contribution in [3.05, 3.63) is 28.2 Å². The zero-order chi connectivity index (χ0) is 14.7. The van der Waals surface area contributed by atoms with E-state index in [2.05, 4.69) is 39.8 Å². The quantitative estimate of drug-likeness (QED) is 0.384. The van der Waals surface area contributed by atoms with Crippen molar-refractivity contribution in [3.63, 3.8) is 0 Å². The van der Waals surface area contributed by atoms with E-state index in [4.69, 9.17) is 10.9 Å². The van der Waals surface area contributed by atoms with Gasteiger partial charge in [0.05, 0.1) is 0 Å². The van der Waals surface area contributed by atoms with Crippen LogP contribution in [0.5, 0.6) is 0 Å². The SMILES string of the molecule is CC(C)C1CCN(c2ccc(Br)cc2/C(N)=N/O)CC1. The molecule has 1 aromatic rings. The van der Waals surface area contributed by atoms with Crippen LogP contribution in [0, 0.1) is 11.8 Å². The third-order valence-electron chi connectivity index (χ3n) is 4.17. The fraction of sp³-hybridized carbons (Fsp3) is 0.533. The zero-order valence-corrected chi connectivity index (χ0v) is 13.6. The lowest BCUT2D eigenvalue weighted by Crippen LogP contribution is -2.36. The second-order valence-corrected chi connectivity index (χ2v) is 6.63. The number of piperidine rings is 1. The molecule has 3 N–H and O–H groups in total. The maximum absolute atomic E-state index is 8.95. The normalized spacial score (nSPS) is 17.8. The number of oxime groups is 1. The molecule has 1 heterocycles. The van der Waals surface area contributed by atoms with Gasteiger partial charge in [0.2, 0.25) is 0 Å². The molecule has 0 radical (unpaired) electrons. The summed E-state index contributed by atoms with van der Waals surface area (Å²) in [6, 6.07) is 5.93. The number of anilines is 1. The molecule has 1 aliphatic heterocycles. The van der Waals surface area contributed by atoms with Crippen molar-refractivity contribution in [3.8, 4) is 0 Å². The molecule has 110 valence electrons. The van der Waals surface area contributed by atoms with Gasteiger partial charge in [0, 0.05) is 28.8 Å². The molecule has 1 fully saturated rings. The Morgan fingerprint density at radius 2 is 2.05 bits per heavy atom. The molecule has 1 aliphatic rings. The first-order valence-corrected chi connectivity index (χ1v) is 7.84. The van der Waals surface area contributed by atoms with E-state index < -0.39 is 0 Å². The van der Waals surface area contributed by atoms with Gasteiger partial charge in [-0.3, -0.25) is 0 Å². The highest BCUT2D eigenvalue weighted by molar-refractivity contribution is 9.10. The van der Waals surface area contributed by atoms with E-state index in [-0.39, 0.29) is 5.84 Å². The molecule has 0 unspecified atom stereocenters. The van der Waals surface area contributed by atoms with E-state index in [1.165, 1.54) is 12.8 Å². The summed E-state index contributed by atoms with van der Waals surface area (Å²) >= 11 is 3.44. The van der Waals surface area contributed by atoms with Crippen molar-refractivity contribution in [1.29, 1.82) is 0 Å².